The minimum absolute atomic E-state index is 0.191. The molecule has 0 aromatic carbocycles. The Hall–Kier alpha value is -3.07. The normalized spacial score (nSPS) is 11.9. The summed E-state index contributed by atoms with van der Waals surface area (Å²) in [5.41, 5.74) is 1.86. The fourth-order valence-electron chi connectivity index (χ4n) is 3.44. The third-order valence-corrected chi connectivity index (χ3v) is 5.04. The van der Waals surface area contributed by atoms with Crippen LogP contribution in [0.4, 0.5) is 0 Å². The highest BCUT2D eigenvalue weighted by molar-refractivity contribution is 5.76. The summed E-state index contributed by atoms with van der Waals surface area (Å²) in [6.07, 6.45) is 1.62. The Bertz CT molecular complexity index is 1250. The molecule has 9 heteroatoms. The van der Waals surface area contributed by atoms with E-state index in [4.69, 9.17) is 9.15 Å². The first-order chi connectivity index (χ1) is 13.0. The second kappa shape index (κ2) is 6.27. The van der Waals surface area contributed by atoms with Crippen LogP contribution < -0.4 is 11.2 Å². The van der Waals surface area contributed by atoms with Crippen molar-refractivity contribution in [2.24, 2.45) is 7.05 Å². The van der Waals surface area contributed by atoms with Gasteiger partial charge in [-0.05, 0) is 26.0 Å². The predicted molar refractivity (Wildman–Crippen MR) is 99.3 cm³/mol. The lowest BCUT2D eigenvalue weighted by Crippen LogP contribution is -2.40. The molecule has 0 radical (unpaired) electrons. The Morgan fingerprint density at radius 2 is 1.96 bits per heavy atom. The van der Waals surface area contributed by atoms with Gasteiger partial charge in [-0.15, -0.1) is 0 Å². The molecule has 4 heterocycles. The number of fused-ring (bicyclic) bond motifs is 3. The zero-order chi connectivity index (χ0) is 19.3. The summed E-state index contributed by atoms with van der Waals surface area (Å²) in [5.74, 6) is 1.39. The molecule has 4 aromatic heterocycles. The van der Waals surface area contributed by atoms with Crippen LogP contribution in [0.25, 0.3) is 16.9 Å². The Labute approximate surface area is 154 Å². The average molecular weight is 371 g/mol. The molecule has 0 fully saturated rings. The van der Waals surface area contributed by atoms with Crippen LogP contribution in [0.2, 0.25) is 0 Å². The molecule has 4 rings (SSSR count). The number of nitrogens with zero attached hydrogens (tertiary/aromatic N) is 5. The van der Waals surface area contributed by atoms with Crippen LogP contribution in [0.3, 0.4) is 0 Å². The summed E-state index contributed by atoms with van der Waals surface area (Å²) in [4.78, 5) is 30.3. The monoisotopic (exact) mass is 371 g/mol. The van der Waals surface area contributed by atoms with Crippen molar-refractivity contribution in [3.05, 3.63) is 56.4 Å². The van der Waals surface area contributed by atoms with Crippen molar-refractivity contribution in [3.63, 3.8) is 0 Å². The summed E-state index contributed by atoms with van der Waals surface area (Å²) in [7, 11) is 3.16. The van der Waals surface area contributed by atoms with E-state index in [1.165, 1.54) is 16.2 Å². The molecule has 0 aliphatic rings. The molecule has 0 spiro atoms. The van der Waals surface area contributed by atoms with E-state index < -0.39 is 5.69 Å². The summed E-state index contributed by atoms with van der Waals surface area (Å²) in [5, 5.41) is 0. The summed E-state index contributed by atoms with van der Waals surface area (Å²) >= 11 is 0. The number of ether oxygens (including phenoxy) is 1. The maximum Gasteiger partial charge on any atom is 0.332 e. The number of imidazole rings is 2. The van der Waals surface area contributed by atoms with Gasteiger partial charge in [-0.1, -0.05) is 0 Å². The van der Waals surface area contributed by atoms with E-state index in [2.05, 4.69) is 4.98 Å². The van der Waals surface area contributed by atoms with Gasteiger partial charge in [0.1, 0.15) is 5.76 Å². The SMILES string of the molecule is COCCn1c(=O)c2c(nc3n(Cc4ccco4)c(C)c(C)n23)n(C)c1=O. The molecule has 0 atom stereocenters. The lowest BCUT2D eigenvalue weighted by Gasteiger charge is -2.08. The second-order valence-electron chi connectivity index (χ2n) is 6.55. The molecule has 4 aromatic rings. The van der Waals surface area contributed by atoms with Crippen LogP contribution in [0, 0.1) is 13.8 Å². The highest BCUT2D eigenvalue weighted by Crippen LogP contribution is 2.21. The first-order valence-electron chi connectivity index (χ1n) is 8.64. The van der Waals surface area contributed by atoms with Crippen LogP contribution in [-0.4, -0.2) is 36.8 Å². The van der Waals surface area contributed by atoms with Gasteiger partial charge >= 0.3 is 5.69 Å². The maximum absolute atomic E-state index is 13.1. The molecule has 0 aliphatic heterocycles. The van der Waals surface area contributed by atoms with Gasteiger partial charge in [-0.2, -0.15) is 4.98 Å². The minimum Gasteiger partial charge on any atom is -0.467 e. The lowest BCUT2D eigenvalue weighted by molar-refractivity contribution is 0.184. The zero-order valence-corrected chi connectivity index (χ0v) is 15.7. The summed E-state index contributed by atoms with van der Waals surface area (Å²) in [6.45, 7) is 4.87. The zero-order valence-electron chi connectivity index (χ0n) is 15.7. The highest BCUT2D eigenvalue weighted by atomic mass is 16.5. The average Bonchev–Trinajstić information content (AvgIpc) is 3.35. The molecule has 142 valence electrons. The van der Waals surface area contributed by atoms with E-state index in [0.29, 0.717) is 23.5 Å². The van der Waals surface area contributed by atoms with E-state index in [1.54, 1.807) is 13.3 Å². The molecule has 0 unspecified atom stereocenters. The summed E-state index contributed by atoms with van der Waals surface area (Å²) in [6, 6.07) is 3.72. The quantitative estimate of drug-likeness (QED) is 0.523. The van der Waals surface area contributed by atoms with Crippen molar-refractivity contribution in [1.29, 1.82) is 0 Å². The van der Waals surface area contributed by atoms with Gasteiger partial charge in [0.25, 0.3) is 5.56 Å². The van der Waals surface area contributed by atoms with Crippen molar-refractivity contribution in [2.75, 3.05) is 13.7 Å². The Kier molecular flexibility index (Phi) is 4.03. The standard InChI is InChI=1S/C18H21N5O4/c1-11-12(2)23-14-15(19-17(23)22(11)10-13-6-5-8-27-13)20(3)18(25)21(16(14)24)7-9-26-4/h5-6,8H,7,9-10H2,1-4H3. The van der Waals surface area contributed by atoms with Crippen molar-refractivity contribution >= 4 is 16.9 Å². The Balaban J connectivity index is 2.06. The fourth-order valence-corrected chi connectivity index (χ4v) is 3.44. The third kappa shape index (κ3) is 2.46. The molecule has 0 amide bonds. The second-order valence-corrected chi connectivity index (χ2v) is 6.55. The lowest BCUT2D eigenvalue weighted by atomic mass is 10.3. The molecule has 0 saturated carbocycles. The molecule has 0 N–H and O–H groups in total. The highest BCUT2D eigenvalue weighted by Gasteiger charge is 2.22. The van der Waals surface area contributed by atoms with Gasteiger partial charge in [0.05, 0.1) is 26.0 Å². The largest absolute Gasteiger partial charge is 0.467 e. The molecule has 9 nitrogen and oxygen atoms in total. The molecular weight excluding hydrogens is 350 g/mol. The van der Waals surface area contributed by atoms with Crippen LogP contribution >= 0.6 is 0 Å². The van der Waals surface area contributed by atoms with Crippen molar-refractivity contribution in [3.8, 4) is 0 Å². The van der Waals surface area contributed by atoms with Crippen LogP contribution in [0.1, 0.15) is 17.1 Å². The maximum atomic E-state index is 13.1. The van der Waals surface area contributed by atoms with Gasteiger partial charge < -0.3 is 13.7 Å². The summed E-state index contributed by atoms with van der Waals surface area (Å²) < 4.78 is 16.9. The van der Waals surface area contributed by atoms with Gasteiger partial charge in [0.15, 0.2) is 11.2 Å². The van der Waals surface area contributed by atoms with Gasteiger partial charge in [0.2, 0.25) is 5.78 Å². The fraction of sp³-hybridized carbons (Fsp3) is 0.389. The number of aromatic nitrogens is 5. The molecule has 0 bridgehead atoms. The number of hydrogen-bond donors (Lipinski definition) is 0. The van der Waals surface area contributed by atoms with Gasteiger partial charge in [-0.25, -0.2) is 4.79 Å². The number of furan rings is 1. The first kappa shape index (κ1) is 17.3. The van der Waals surface area contributed by atoms with Crippen LogP contribution in [0.15, 0.2) is 32.4 Å². The topological polar surface area (TPSA) is 88.6 Å². The molecule has 0 saturated heterocycles. The minimum atomic E-state index is -0.405. The van der Waals surface area contributed by atoms with Gasteiger partial charge in [0, 0.05) is 25.5 Å². The van der Waals surface area contributed by atoms with Crippen LogP contribution in [0.5, 0.6) is 0 Å². The smallest absolute Gasteiger partial charge is 0.332 e. The molecular formula is C18H21N5O4. The van der Waals surface area contributed by atoms with E-state index in [-0.39, 0.29) is 18.7 Å². The molecule has 27 heavy (non-hydrogen) atoms. The number of rotatable bonds is 5. The van der Waals surface area contributed by atoms with Crippen molar-refractivity contribution in [1.82, 2.24) is 23.1 Å². The van der Waals surface area contributed by atoms with E-state index in [9.17, 15) is 9.59 Å². The van der Waals surface area contributed by atoms with Gasteiger partial charge in [-0.3, -0.25) is 18.3 Å². The van der Waals surface area contributed by atoms with Crippen LogP contribution in [-0.2, 0) is 24.9 Å². The number of aryl methyl sites for hydroxylation is 2. The van der Waals surface area contributed by atoms with E-state index >= 15 is 0 Å². The van der Waals surface area contributed by atoms with Crippen molar-refractivity contribution < 1.29 is 9.15 Å². The molecule has 0 aliphatic carbocycles. The number of hydrogen-bond acceptors (Lipinski definition) is 5. The predicted octanol–water partition coefficient (Wildman–Crippen LogP) is 1.05. The Morgan fingerprint density at radius 3 is 2.63 bits per heavy atom. The number of methoxy groups -OCH3 is 1. The third-order valence-electron chi connectivity index (χ3n) is 5.04. The first-order valence-corrected chi connectivity index (χ1v) is 8.64. The van der Waals surface area contributed by atoms with E-state index in [0.717, 1.165) is 17.1 Å². The van der Waals surface area contributed by atoms with Crippen molar-refractivity contribution in [2.45, 2.75) is 26.9 Å². The van der Waals surface area contributed by atoms with E-state index in [1.807, 2.05) is 34.9 Å². The Morgan fingerprint density at radius 1 is 1.19 bits per heavy atom.